The van der Waals surface area contributed by atoms with E-state index in [-0.39, 0.29) is 28.6 Å². The van der Waals surface area contributed by atoms with Crippen LogP contribution in [0, 0.1) is 20.2 Å². The van der Waals surface area contributed by atoms with Crippen molar-refractivity contribution in [1.29, 1.82) is 0 Å². The van der Waals surface area contributed by atoms with Crippen molar-refractivity contribution in [2.75, 3.05) is 0 Å². The number of hydrogen-bond donors (Lipinski definition) is 0. The van der Waals surface area contributed by atoms with E-state index in [1.165, 1.54) is 12.1 Å². The molecule has 0 saturated heterocycles. The molecule has 9 nitrogen and oxygen atoms in total. The SMILES string of the molecule is O=C(c1ccc(C(F)(F)F)cc1[N+](=O)[O-])c1cnoc1-c1ccc([N+](=O)[O-])cc1. The normalized spacial score (nSPS) is 11.3. The predicted molar refractivity (Wildman–Crippen MR) is 90.1 cm³/mol. The van der Waals surface area contributed by atoms with Crippen molar-refractivity contribution in [1.82, 2.24) is 5.16 Å². The minimum atomic E-state index is -4.83. The third-order valence-electron chi connectivity index (χ3n) is 3.92. The Kier molecular flexibility index (Phi) is 4.85. The van der Waals surface area contributed by atoms with E-state index in [1.807, 2.05) is 0 Å². The third-order valence-corrected chi connectivity index (χ3v) is 3.92. The van der Waals surface area contributed by atoms with E-state index in [0.29, 0.717) is 12.1 Å². The van der Waals surface area contributed by atoms with Gasteiger partial charge in [-0.1, -0.05) is 5.16 Å². The molecule has 2 aromatic carbocycles. The molecule has 12 heteroatoms. The highest BCUT2D eigenvalue weighted by Gasteiger charge is 2.35. The average Bonchev–Trinajstić information content (AvgIpc) is 3.16. The lowest BCUT2D eigenvalue weighted by Gasteiger charge is -2.08. The van der Waals surface area contributed by atoms with Gasteiger partial charge in [0.05, 0.1) is 27.2 Å². The molecule has 148 valence electrons. The Hall–Kier alpha value is -4.09. The van der Waals surface area contributed by atoms with Gasteiger partial charge in [-0.25, -0.2) is 0 Å². The molecule has 0 N–H and O–H groups in total. The standard InChI is InChI=1S/C17H8F3N3O6/c18-17(19,20)10-3-6-12(14(7-10)23(27)28)15(24)13-8-21-29-16(13)9-1-4-11(5-2-9)22(25)26/h1-8H. The molecule has 0 unspecified atom stereocenters. The van der Waals surface area contributed by atoms with Gasteiger partial charge in [0.1, 0.15) is 5.56 Å². The molecule has 0 spiro atoms. The smallest absolute Gasteiger partial charge is 0.356 e. The van der Waals surface area contributed by atoms with E-state index >= 15 is 0 Å². The van der Waals surface area contributed by atoms with Crippen LogP contribution in [0.1, 0.15) is 21.5 Å². The van der Waals surface area contributed by atoms with Crippen molar-refractivity contribution in [2.24, 2.45) is 0 Å². The monoisotopic (exact) mass is 407 g/mol. The number of nitro benzene ring substituents is 2. The van der Waals surface area contributed by atoms with Gasteiger partial charge in [-0.2, -0.15) is 13.2 Å². The summed E-state index contributed by atoms with van der Waals surface area (Å²) in [5.41, 5.74) is -3.15. The number of halogens is 3. The van der Waals surface area contributed by atoms with Crippen LogP contribution in [0.15, 0.2) is 53.2 Å². The number of alkyl halides is 3. The largest absolute Gasteiger partial charge is 0.416 e. The zero-order valence-electron chi connectivity index (χ0n) is 14.0. The van der Waals surface area contributed by atoms with Crippen LogP contribution < -0.4 is 0 Å². The second-order valence-electron chi connectivity index (χ2n) is 5.69. The molecule has 0 bridgehead atoms. The van der Waals surface area contributed by atoms with Gasteiger partial charge in [0.15, 0.2) is 5.76 Å². The molecule has 0 radical (unpaired) electrons. The van der Waals surface area contributed by atoms with Crippen molar-refractivity contribution in [3.8, 4) is 11.3 Å². The first-order chi connectivity index (χ1) is 13.6. The number of benzene rings is 2. The Bertz CT molecular complexity index is 1120. The molecule has 0 aliphatic carbocycles. The zero-order valence-corrected chi connectivity index (χ0v) is 14.0. The van der Waals surface area contributed by atoms with Crippen molar-refractivity contribution in [3.05, 3.63) is 85.6 Å². The van der Waals surface area contributed by atoms with E-state index in [0.717, 1.165) is 18.3 Å². The fraction of sp³-hybridized carbons (Fsp3) is 0.0588. The maximum absolute atomic E-state index is 12.8. The number of nitro groups is 2. The number of hydrogen-bond acceptors (Lipinski definition) is 7. The van der Waals surface area contributed by atoms with E-state index < -0.39 is 38.6 Å². The Labute approximate surface area is 158 Å². The summed E-state index contributed by atoms with van der Waals surface area (Å²) in [5.74, 6) is -1.13. The van der Waals surface area contributed by atoms with Crippen LogP contribution in [-0.2, 0) is 6.18 Å². The van der Waals surface area contributed by atoms with Crippen molar-refractivity contribution in [3.63, 3.8) is 0 Å². The molecule has 0 fully saturated rings. The summed E-state index contributed by atoms with van der Waals surface area (Å²) in [5, 5.41) is 25.4. The number of ketones is 1. The fourth-order valence-corrected chi connectivity index (χ4v) is 2.54. The minimum Gasteiger partial charge on any atom is -0.356 e. The van der Waals surface area contributed by atoms with Gasteiger partial charge < -0.3 is 4.52 Å². The average molecular weight is 407 g/mol. The van der Waals surface area contributed by atoms with E-state index in [1.54, 1.807) is 0 Å². The number of rotatable bonds is 5. The highest BCUT2D eigenvalue weighted by atomic mass is 19.4. The van der Waals surface area contributed by atoms with Gasteiger partial charge in [0, 0.05) is 23.8 Å². The Morgan fingerprint density at radius 2 is 1.62 bits per heavy atom. The third kappa shape index (κ3) is 3.81. The van der Waals surface area contributed by atoms with Crippen LogP contribution in [-0.4, -0.2) is 20.8 Å². The maximum Gasteiger partial charge on any atom is 0.416 e. The number of carbonyl (C=O) groups excluding carboxylic acids is 1. The maximum atomic E-state index is 12.8. The summed E-state index contributed by atoms with van der Waals surface area (Å²) in [6.07, 6.45) is -3.87. The first-order valence-corrected chi connectivity index (χ1v) is 7.69. The van der Waals surface area contributed by atoms with Crippen LogP contribution in [0.3, 0.4) is 0 Å². The van der Waals surface area contributed by atoms with Gasteiger partial charge >= 0.3 is 6.18 Å². The Morgan fingerprint density at radius 1 is 0.966 bits per heavy atom. The van der Waals surface area contributed by atoms with Gasteiger partial charge in [-0.05, 0) is 24.3 Å². The molecule has 1 heterocycles. The van der Waals surface area contributed by atoms with E-state index in [4.69, 9.17) is 4.52 Å². The van der Waals surface area contributed by atoms with Crippen LogP contribution >= 0.6 is 0 Å². The topological polar surface area (TPSA) is 129 Å². The van der Waals surface area contributed by atoms with Gasteiger partial charge in [-0.3, -0.25) is 25.0 Å². The van der Waals surface area contributed by atoms with Crippen LogP contribution in [0.4, 0.5) is 24.5 Å². The van der Waals surface area contributed by atoms with E-state index in [2.05, 4.69) is 5.16 Å². The molecular weight excluding hydrogens is 399 g/mol. The highest BCUT2D eigenvalue weighted by molar-refractivity contribution is 6.14. The lowest BCUT2D eigenvalue weighted by atomic mass is 9.98. The second-order valence-corrected chi connectivity index (χ2v) is 5.69. The van der Waals surface area contributed by atoms with Crippen LogP contribution in [0.5, 0.6) is 0 Å². The summed E-state index contributed by atoms with van der Waals surface area (Å²) in [7, 11) is 0. The number of non-ortho nitro benzene ring substituents is 1. The van der Waals surface area contributed by atoms with E-state index in [9.17, 15) is 38.2 Å². The fourth-order valence-electron chi connectivity index (χ4n) is 2.54. The van der Waals surface area contributed by atoms with Crippen molar-refractivity contribution in [2.45, 2.75) is 6.18 Å². The zero-order chi connectivity index (χ0) is 21.3. The molecule has 0 aliphatic heterocycles. The summed E-state index contributed by atoms with van der Waals surface area (Å²) in [4.78, 5) is 33.0. The van der Waals surface area contributed by atoms with Crippen molar-refractivity contribution >= 4 is 17.2 Å². The number of nitrogens with zero attached hydrogens (tertiary/aromatic N) is 3. The molecule has 0 saturated carbocycles. The highest BCUT2D eigenvalue weighted by Crippen LogP contribution is 2.35. The summed E-state index contributed by atoms with van der Waals surface area (Å²) < 4.78 is 43.5. The molecule has 29 heavy (non-hydrogen) atoms. The molecular formula is C17H8F3N3O6. The minimum absolute atomic E-state index is 0.140. The molecule has 3 rings (SSSR count). The Balaban J connectivity index is 2.06. The molecule has 0 amide bonds. The first kappa shape index (κ1) is 19.7. The predicted octanol–water partition coefficient (Wildman–Crippen LogP) is 4.41. The second kappa shape index (κ2) is 7.14. The van der Waals surface area contributed by atoms with Gasteiger partial charge in [-0.15, -0.1) is 0 Å². The molecule has 0 atom stereocenters. The summed E-state index contributed by atoms with van der Waals surface area (Å²) in [6, 6.07) is 6.37. The number of aromatic nitrogens is 1. The molecule has 3 aromatic rings. The summed E-state index contributed by atoms with van der Waals surface area (Å²) >= 11 is 0. The quantitative estimate of drug-likeness (QED) is 0.348. The van der Waals surface area contributed by atoms with Gasteiger partial charge in [0.2, 0.25) is 5.78 Å². The Morgan fingerprint density at radius 3 is 2.17 bits per heavy atom. The van der Waals surface area contributed by atoms with Crippen molar-refractivity contribution < 1.29 is 32.3 Å². The lowest BCUT2D eigenvalue weighted by molar-refractivity contribution is -0.385. The summed E-state index contributed by atoms with van der Waals surface area (Å²) in [6.45, 7) is 0. The van der Waals surface area contributed by atoms with Crippen LogP contribution in [0.2, 0.25) is 0 Å². The molecule has 1 aromatic heterocycles. The van der Waals surface area contributed by atoms with Gasteiger partial charge in [0.25, 0.3) is 11.4 Å². The number of carbonyl (C=O) groups is 1. The van der Waals surface area contributed by atoms with Crippen LogP contribution in [0.25, 0.3) is 11.3 Å². The lowest BCUT2D eigenvalue weighted by Crippen LogP contribution is -2.10. The molecule has 0 aliphatic rings. The first-order valence-electron chi connectivity index (χ1n) is 7.69.